The van der Waals surface area contributed by atoms with Crippen LogP contribution in [0.3, 0.4) is 0 Å². The third kappa shape index (κ3) is 25.9. The monoisotopic (exact) mass is 631 g/mol. The summed E-state index contributed by atoms with van der Waals surface area (Å²) in [6.07, 6.45) is 45.8. The lowest BCUT2D eigenvalue weighted by atomic mass is 9.78. The molecule has 1 unspecified atom stereocenters. The normalized spacial score (nSPS) is 16.4. The van der Waals surface area contributed by atoms with Gasteiger partial charge in [-0.05, 0) is 32.1 Å². The Morgan fingerprint density at radius 3 is 1.31 bits per heavy atom. The fourth-order valence-electron chi connectivity index (χ4n) is 7.31. The van der Waals surface area contributed by atoms with E-state index >= 15 is 0 Å². The smallest absolute Gasteiger partial charge is 0.219 e. The van der Waals surface area contributed by atoms with E-state index < -0.39 is 0 Å². The van der Waals surface area contributed by atoms with Crippen molar-refractivity contribution in [2.75, 3.05) is 13.1 Å². The molecule has 0 saturated heterocycles. The molecule has 3 nitrogen and oxygen atoms in total. The van der Waals surface area contributed by atoms with Crippen molar-refractivity contribution in [3.05, 3.63) is 0 Å². The van der Waals surface area contributed by atoms with Crippen molar-refractivity contribution in [2.24, 2.45) is 10.4 Å². The quantitative estimate of drug-likeness (QED) is 0.0695. The van der Waals surface area contributed by atoms with Gasteiger partial charge in [0.1, 0.15) is 0 Å². The minimum atomic E-state index is 0.206. The van der Waals surface area contributed by atoms with E-state index in [0.717, 1.165) is 32.4 Å². The lowest BCUT2D eigenvalue weighted by Crippen LogP contribution is -2.32. The largest absolute Gasteiger partial charge is 0.356 e. The summed E-state index contributed by atoms with van der Waals surface area (Å²) in [5.41, 5.74) is 1.65. The van der Waals surface area contributed by atoms with Gasteiger partial charge < -0.3 is 5.32 Å². The average molecular weight is 631 g/mol. The van der Waals surface area contributed by atoms with Gasteiger partial charge in [0.15, 0.2) is 0 Å². The summed E-state index contributed by atoms with van der Waals surface area (Å²) >= 11 is 0. The first-order valence-corrected chi connectivity index (χ1v) is 20.9. The van der Waals surface area contributed by atoms with Crippen LogP contribution >= 0.6 is 0 Å². The second-order valence-electron chi connectivity index (χ2n) is 15.1. The van der Waals surface area contributed by atoms with E-state index in [1.54, 1.807) is 0 Å². The van der Waals surface area contributed by atoms with Gasteiger partial charge in [-0.25, -0.2) is 0 Å². The highest BCUT2D eigenvalue weighted by Crippen LogP contribution is 2.35. The minimum absolute atomic E-state index is 0.206. The van der Waals surface area contributed by atoms with Crippen molar-refractivity contribution >= 4 is 11.6 Å². The molecule has 0 aromatic rings. The zero-order valence-corrected chi connectivity index (χ0v) is 31.3. The minimum Gasteiger partial charge on any atom is -0.356 e. The fourth-order valence-corrected chi connectivity index (χ4v) is 7.31. The molecule has 1 atom stereocenters. The first-order valence-electron chi connectivity index (χ1n) is 20.9. The molecule has 1 heterocycles. The SMILES string of the molecule is CCCCCCCCCCCCCCCCCC(=O)NCCC1(C)CCN=C1CCCCCCCCCCCCCCCCC. The maximum atomic E-state index is 12.4. The molecule has 266 valence electrons. The highest BCUT2D eigenvalue weighted by molar-refractivity contribution is 5.91. The van der Waals surface area contributed by atoms with E-state index in [9.17, 15) is 4.79 Å². The van der Waals surface area contributed by atoms with Crippen LogP contribution in [-0.4, -0.2) is 24.7 Å². The maximum Gasteiger partial charge on any atom is 0.219 e. The van der Waals surface area contributed by atoms with Gasteiger partial charge in [0.25, 0.3) is 0 Å². The number of rotatable bonds is 35. The van der Waals surface area contributed by atoms with Crippen molar-refractivity contribution in [3.63, 3.8) is 0 Å². The molecule has 0 spiro atoms. The Labute approximate surface area is 283 Å². The van der Waals surface area contributed by atoms with Crippen molar-refractivity contribution < 1.29 is 4.79 Å². The van der Waals surface area contributed by atoms with Gasteiger partial charge >= 0.3 is 0 Å². The van der Waals surface area contributed by atoms with Gasteiger partial charge in [-0.15, -0.1) is 0 Å². The van der Waals surface area contributed by atoms with Gasteiger partial charge in [-0.3, -0.25) is 9.79 Å². The molecule has 0 bridgehead atoms. The Morgan fingerprint density at radius 1 is 0.556 bits per heavy atom. The van der Waals surface area contributed by atoms with E-state index in [-0.39, 0.29) is 11.3 Å². The molecule has 0 aromatic carbocycles. The summed E-state index contributed by atoms with van der Waals surface area (Å²) < 4.78 is 0. The van der Waals surface area contributed by atoms with Crippen LogP contribution in [-0.2, 0) is 4.79 Å². The van der Waals surface area contributed by atoms with Gasteiger partial charge in [0.05, 0.1) is 0 Å². The third-order valence-electron chi connectivity index (χ3n) is 10.7. The van der Waals surface area contributed by atoms with Crippen LogP contribution in [0.2, 0.25) is 0 Å². The van der Waals surface area contributed by atoms with Crippen molar-refractivity contribution in [1.82, 2.24) is 5.32 Å². The number of nitrogens with one attached hydrogen (secondary N) is 1. The summed E-state index contributed by atoms with van der Waals surface area (Å²) in [4.78, 5) is 17.3. The van der Waals surface area contributed by atoms with Crippen LogP contribution in [0.1, 0.15) is 239 Å². The summed E-state index contributed by atoms with van der Waals surface area (Å²) in [5.74, 6) is 0.257. The molecule has 45 heavy (non-hydrogen) atoms. The highest BCUT2D eigenvalue weighted by Gasteiger charge is 2.33. The van der Waals surface area contributed by atoms with E-state index in [1.807, 2.05) is 0 Å². The molecule has 0 aromatic heterocycles. The number of aliphatic imine (C=N–C) groups is 1. The molecule has 1 rings (SSSR count). The first-order chi connectivity index (χ1) is 22.1. The van der Waals surface area contributed by atoms with Gasteiger partial charge in [-0.1, -0.05) is 201 Å². The predicted molar refractivity (Wildman–Crippen MR) is 202 cm³/mol. The number of hydrogen-bond donors (Lipinski definition) is 1. The van der Waals surface area contributed by atoms with Crippen LogP contribution < -0.4 is 5.32 Å². The topological polar surface area (TPSA) is 41.5 Å². The van der Waals surface area contributed by atoms with Crippen LogP contribution in [0.25, 0.3) is 0 Å². The Balaban J connectivity index is 1.90. The summed E-state index contributed by atoms with van der Waals surface area (Å²) in [7, 11) is 0. The second kappa shape index (κ2) is 31.7. The van der Waals surface area contributed by atoms with Crippen LogP contribution in [0, 0.1) is 5.41 Å². The number of nitrogens with zero attached hydrogens (tertiary/aromatic N) is 1. The molecule has 1 N–H and O–H groups in total. The zero-order chi connectivity index (χ0) is 32.5. The average Bonchev–Trinajstić information content (AvgIpc) is 3.40. The van der Waals surface area contributed by atoms with Crippen molar-refractivity contribution in [2.45, 2.75) is 239 Å². The molecule has 1 amide bonds. The molecule has 1 aliphatic heterocycles. The van der Waals surface area contributed by atoms with E-state index in [1.165, 1.54) is 198 Å². The maximum absolute atomic E-state index is 12.4. The van der Waals surface area contributed by atoms with Crippen LogP contribution in [0.4, 0.5) is 0 Å². The van der Waals surface area contributed by atoms with Crippen molar-refractivity contribution in [1.29, 1.82) is 0 Å². The molecule has 0 fully saturated rings. The van der Waals surface area contributed by atoms with Crippen LogP contribution in [0.15, 0.2) is 4.99 Å². The van der Waals surface area contributed by atoms with E-state index in [2.05, 4.69) is 26.1 Å². The lowest BCUT2D eigenvalue weighted by molar-refractivity contribution is -0.121. The third-order valence-corrected chi connectivity index (χ3v) is 10.7. The first kappa shape index (κ1) is 42.2. The van der Waals surface area contributed by atoms with Gasteiger partial charge in [0.2, 0.25) is 5.91 Å². The number of amides is 1. The fraction of sp³-hybridized carbons (Fsp3) is 0.952. The van der Waals surface area contributed by atoms with E-state index in [0.29, 0.717) is 6.42 Å². The summed E-state index contributed by atoms with van der Waals surface area (Å²) in [6, 6.07) is 0. The number of carbonyl (C=O) groups excluding carboxylic acids is 1. The van der Waals surface area contributed by atoms with Gasteiger partial charge in [0, 0.05) is 30.6 Å². The standard InChI is InChI=1S/C42H82N2O/c1-4-6-8-10-12-14-16-18-20-22-24-26-28-30-32-34-40-42(3,36-38-43-40)37-39-44-41(45)35-33-31-29-27-25-23-21-19-17-15-13-11-9-7-5-2/h4-39H2,1-3H3,(H,44,45). The van der Waals surface area contributed by atoms with Crippen LogP contribution in [0.5, 0.6) is 0 Å². The molecular formula is C42H82N2O. The van der Waals surface area contributed by atoms with E-state index in [4.69, 9.17) is 4.99 Å². The van der Waals surface area contributed by atoms with Gasteiger partial charge in [-0.2, -0.15) is 0 Å². The predicted octanol–water partition coefficient (Wildman–Crippen LogP) is 13.9. The molecule has 0 radical (unpaired) electrons. The number of unbranched alkanes of at least 4 members (excludes halogenated alkanes) is 28. The molecular weight excluding hydrogens is 548 g/mol. The molecule has 3 heteroatoms. The second-order valence-corrected chi connectivity index (χ2v) is 15.1. The lowest BCUT2D eigenvalue weighted by Gasteiger charge is -2.26. The Bertz CT molecular complexity index is 674. The molecule has 1 aliphatic rings. The Hall–Kier alpha value is -0.860. The zero-order valence-electron chi connectivity index (χ0n) is 31.3. The van der Waals surface area contributed by atoms with Crippen molar-refractivity contribution in [3.8, 4) is 0 Å². The summed E-state index contributed by atoms with van der Waals surface area (Å²) in [6.45, 7) is 8.78. The Morgan fingerprint density at radius 2 is 0.911 bits per heavy atom. The Kier molecular flexibility index (Phi) is 29.7. The number of carbonyl (C=O) groups is 1. The highest BCUT2D eigenvalue weighted by atomic mass is 16.1. The number of hydrogen-bond acceptors (Lipinski definition) is 2. The molecule has 0 saturated carbocycles. The molecule has 0 aliphatic carbocycles. The summed E-state index contributed by atoms with van der Waals surface area (Å²) in [5, 5.41) is 3.23.